The molecule has 0 aliphatic rings. The van der Waals surface area contributed by atoms with E-state index in [0.717, 1.165) is 5.56 Å². The van der Waals surface area contributed by atoms with Crippen LogP contribution in [0.2, 0.25) is 0 Å². The summed E-state index contributed by atoms with van der Waals surface area (Å²) in [5, 5.41) is 29.1. The predicted octanol–water partition coefficient (Wildman–Crippen LogP) is 1.99. The van der Waals surface area contributed by atoms with E-state index in [1.165, 1.54) is 12.1 Å². The number of aliphatic hydroxyl groups excluding tert-OH is 2. The highest BCUT2D eigenvalue weighted by Crippen LogP contribution is 2.32. The maximum absolute atomic E-state index is 11.1. The summed E-state index contributed by atoms with van der Waals surface area (Å²) in [6, 6.07) is 13.9. The van der Waals surface area contributed by atoms with E-state index in [1.807, 2.05) is 30.3 Å². The normalized spacial score (nSPS) is 11.9. The number of nitro groups is 1. The van der Waals surface area contributed by atoms with Crippen molar-refractivity contribution >= 4 is 5.69 Å². The highest BCUT2D eigenvalue weighted by atomic mass is 16.6. The van der Waals surface area contributed by atoms with Crippen molar-refractivity contribution in [2.24, 2.45) is 0 Å². The second-order valence-electron chi connectivity index (χ2n) is 4.45. The molecule has 0 aliphatic carbocycles. The Kier molecular flexibility index (Phi) is 4.86. The SMILES string of the molecule is O=[N+]([O-])c1cc(-c2ccccc2)ccc1OC[C@H](O)CO. The Bertz CT molecular complexity index is 615. The molecule has 0 spiro atoms. The van der Waals surface area contributed by atoms with Gasteiger partial charge in [0, 0.05) is 6.07 Å². The number of ether oxygens (including phenoxy) is 1. The van der Waals surface area contributed by atoms with Gasteiger partial charge in [-0.3, -0.25) is 10.1 Å². The molecule has 2 aromatic carbocycles. The molecule has 1 atom stereocenters. The van der Waals surface area contributed by atoms with Crippen molar-refractivity contribution in [2.75, 3.05) is 13.2 Å². The van der Waals surface area contributed by atoms with Gasteiger partial charge in [0.05, 0.1) is 11.5 Å². The van der Waals surface area contributed by atoms with Crippen LogP contribution in [0.3, 0.4) is 0 Å². The first-order chi connectivity index (χ1) is 10.1. The molecule has 0 amide bonds. The summed E-state index contributed by atoms with van der Waals surface area (Å²) in [6.45, 7) is -0.669. The fraction of sp³-hybridized carbons (Fsp3) is 0.200. The third-order valence-corrected chi connectivity index (χ3v) is 2.90. The van der Waals surface area contributed by atoms with E-state index < -0.39 is 17.6 Å². The largest absolute Gasteiger partial charge is 0.484 e. The molecule has 6 heteroatoms. The van der Waals surface area contributed by atoms with Gasteiger partial charge in [0.15, 0.2) is 5.75 Å². The predicted molar refractivity (Wildman–Crippen MR) is 77.1 cm³/mol. The van der Waals surface area contributed by atoms with E-state index in [-0.39, 0.29) is 18.0 Å². The maximum Gasteiger partial charge on any atom is 0.311 e. The summed E-state index contributed by atoms with van der Waals surface area (Å²) in [7, 11) is 0. The van der Waals surface area contributed by atoms with Crippen LogP contribution in [0, 0.1) is 10.1 Å². The second-order valence-corrected chi connectivity index (χ2v) is 4.45. The lowest BCUT2D eigenvalue weighted by Gasteiger charge is -2.11. The molecule has 2 N–H and O–H groups in total. The van der Waals surface area contributed by atoms with Crippen molar-refractivity contribution in [3.8, 4) is 16.9 Å². The summed E-state index contributed by atoms with van der Waals surface area (Å²) in [4.78, 5) is 10.6. The van der Waals surface area contributed by atoms with E-state index in [1.54, 1.807) is 6.07 Å². The minimum atomic E-state index is -1.07. The average molecular weight is 289 g/mol. The van der Waals surface area contributed by atoms with Gasteiger partial charge >= 0.3 is 5.69 Å². The van der Waals surface area contributed by atoms with Crippen molar-refractivity contribution in [1.29, 1.82) is 0 Å². The average Bonchev–Trinajstić information content (AvgIpc) is 2.53. The molecule has 0 saturated carbocycles. The zero-order chi connectivity index (χ0) is 15.2. The Labute approximate surface area is 121 Å². The summed E-state index contributed by atoms with van der Waals surface area (Å²) >= 11 is 0. The van der Waals surface area contributed by atoms with Crippen LogP contribution in [0.15, 0.2) is 48.5 Å². The first-order valence-corrected chi connectivity index (χ1v) is 6.37. The molecular formula is C15H15NO5. The van der Waals surface area contributed by atoms with Gasteiger partial charge in [0.2, 0.25) is 0 Å². The molecule has 0 heterocycles. The van der Waals surface area contributed by atoms with E-state index in [2.05, 4.69) is 0 Å². The first kappa shape index (κ1) is 15.0. The van der Waals surface area contributed by atoms with Crippen LogP contribution < -0.4 is 4.74 Å². The highest BCUT2D eigenvalue weighted by molar-refractivity contribution is 5.68. The minimum absolute atomic E-state index is 0.0622. The summed E-state index contributed by atoms with van der Waals surface area (Å²) in [5.41, 5.74) is 1.39. The van der Waals surface area contributed by atoms with Crippen molar-refractivity contribution in [3.63, 3.8) is 0 Å². The van der Waals surface area contributed by atoms with Crippen LogP contribution in [0.25, 0.3) is 11.1 Å². The fourth-order valence-electron chi connectivity index (χ4n) is 1.83. The number of rotatable bonds is 6. The Hall–Kier alpha value is -2.44. The molecule has 0 aliphatic heterocycles. The van der Waals surface area contributed by atoms with Crippen LogP contribution in [-0.2, 0) is 0 Å². The van der Waals surface area contributed by atoms with Gasteiger partial charge < -0.3 is 14.9 Å². The molecule has 0 fully saturated rings. The molecule has 0 unspecified atom stereocenters. The molecule has 0 saturated heterocycles. The van der Waals surface area contributed by atoms with Crippen molar-refractivity contribution in [3.05, 3.63) is 58.6 Å². The minimum Gasteiger partial charge on any atom is -0.484 e. The lowest BCUT2D eigenvalue weighted by Crippen LogP contribution is -2.21. The number of nitro benzene ring substituents is 1. The molecule has 0 bridgehead atoms. The van der Waals surface area contributed by atoms with Gasteiger partial charge in [-0.25, -0.2) is 0 Å². The van der Waals surface area contributed by atoms with Gasteiger partial charge in [-0.2, -0.15) is 0 Å². The lowest BCUT2D eigenvalue weighted by molar-refractivity contribution is -0.385. The molecular weight excluding hydrogens is 274 g/mol. The lowest BCUT2D eigenvalue weighted by atomic mass is 10.0. The summed E-state index contributed by atoms with van der Waals surface area (Å²) in [5.74, 6) is 0.0622. The van der Waals surface area contributed by atoms with Gasteiger partial charge in [-0.15, -0.1) is 0 Å². The Morgan fingerprint density at radius 1 is 1.14 bits per heavy atom. The quantitative estimate of drug-likeness (QED) is 0.626. The molecule has 2 aromatic rings. The van der Waals surface area contributed by atoms with Gasteiger partial charge in [0.25, 0.3) is 0 Å². The van der Waals surface area contributed by atoms with Crippen LogP contribution in [0.1, 0.15) is 0 Å². The first-order valence-electron chi connectivity index (χ1n) is 6.37. The molecule has 0 aromatic heterocycles. The Balaban J connectivity index is 2.29. The Morgan fingerprint density at radius 3 is 2.48 bits per heavy atom. The standard InChI is InChI=1S/C15H15NO5/c17-9-13(18)10-21-15-7-6-12(8-14(15)16(19)20)11-4-2-1-3-5-11/h1-8,13,17-18H,9-10H2/t13-/m1/s1. The molecule has 2 rings (SSSR count). The molecule has 21 heavy (non-hydrogen) atoms. The molecule has 110 valence electrons. The van der Waals surface area contributed by atoms with Crippen LogP contribution in [-0.4, -0.2) is 34.5 Å². The zero-order valence-corrected chi connectivity index (χ0v) is 11.2. The van der Waals surface area contributed by atoms with Crippen molar-refractivity contribution < 1.29 is 19.9 Å². The van der Waals surface area contributed by atoms with Crippen LogP contribution in [0.5, 0.6) is 5.75 Å². The fourth-order valence-corrected chi connectivity index (χ4v) is 1.83. The monoisotopic (exact) mass is 289 g/mol. The number of nitrogens with zero attached hydrogens (tertiary/aromatic N) is 1. The number of hydrogen-bond acceptors (Lipinski definition) is 5. The van der Waals surface area contributed by atoms with E-state index in [9.17, 15) is 15.2 Å². The van der Waals surface area contributed by atoms with E-state index >= 15 is 0 Å². The number of aliphatic hydroxyl groups is 2. The van der Waals surface area contributed by atoms with Gasteiger partial charge in [-0.05, 0) is 17.2 Å². The van der Waals surface area contributed by atoms with Crippen LogP contribution in [0.4, 0.5) is 5.69 Å². The van der Waals surface area contributed by atoms with Gasteiger partial charge in [0.1, 0.15) is 12.7 Å². The molecule has 0 radical (unpaired) electrons. The molecule has 6 nitrogen and oxygen atoms in total. The highest BCUT2D eigenvalue weighted by Gasteiger charge is 2.17. The van der Waals surface area contributed by atoms with Gasteiger partial charge in [-0.1, -0.05) is 36.4 Å². The second kappa shape index (κ2) is 6.83. The topological polar surface area (TPSA) is 92.8 Å². The van der Waals surface area contributed by atoms with E-state index in [4.69, 9.17) is 9.84 Å². The number of benzene rings is 2. The van der Waals surface area contributed by atoms with Crippen molar-refractivity contribution in [1.82, 2.24) is 0 Å². The third kappa shape index (κ3) is 3.77. The van der Waals surface area contributed by atoms with Crippen molar-refractivity contribution in [2.45, 2.75) is 6.10 Å². The third-order valence-electron chi connectivity index (χ3n) is 2.90. The Morgan fingerprint density at radius 2 is 1.86 bits per heavy atom. The number of hydrogen-bond donors (Lipinski definition) is 2. The zero-order valence-electron chi connectivity index (χ0n) is 11.2. The van der Waals surface area contributed by atoms with E-state index in [0.29, 0.717) is 5.56 Å². The van der Waals surface area contributed by atoms with Crippen LogP contribution >= 0.6 is 0 Å². The summed E-state index contributed by atoms with van der Waals surface area (Å²) in [6.07, 6.45) is -1.07. The maximum atomic E-state index is 11.1. The smallest absolute Gasteiger partial charge is 0.311 e. The summed E-state index contributed by atoms with van der Waals surface area (Å²) < 4.78 is 5.19.